The van der Waals surface area contributed by atoms with Crippen LogP contribution in [0.3, 0.4) is 0 Å². The standard InChI is InChI=1S/C29H37N3O6/c1-38-26-12-6-10-21-20(26)14-23(30-21)29(37)32-15-18-8-2-4-9-19(18)27(32)28(36)31-22(25(35)16-33)13-17-7-3-5-11-24(17)34/h6,10,12,14,17-19,22,27,30,33H,2-5,7-9,11,13,15-16H2,1H3,(H,31,36)/t17-,18+,19+,22-,27+/m0/s1. The molecule has 0 radical (unpaired) electrons. The molecule has 9 nitrogen and oxygen atoms in total. The van der Waals surface area contributed by atoms with Crippen LogP contribution in [0.1, 0.15) is 68.3 Å². The summed E-state index contributed by atoms with van der Waals surface area (Å²) in [5.41, 5.74) is 1.16. The van der Waals surface area contributed by atoms with Gasteiger partial charge in [0.2, 0.25) is 5.91 Å². The van der Waals surface area contributed by atoms with Crippen LogP contribution in [0, 0.1) is 17.8 Å². The average molecular weight is 524 g/mol. The van der Waals surface area contributed by atoms with Crippen molar-refractivity contribution >= 4 is 34.3 Å². The first-order valence-electron chi connectivity index (χ1n) is 13.8. The molecule has 2 saturated carbocycles. The second kappa shape index (κ2) is 11.3. The summed E-state index contributed by atoms with van der Waals surface area (Å²) in [5.74, 6) is -0.445. The molecule has 204 valence electrons. The molecule has 2 aromatic rings. The predicted octanol–water partition coefficient (Wildman–Crippen LogP) is 3.00. The Labute approximate surface area is 222 Å². The van der Waals surface area contributed by atoms with Gasteiger partial charge in [-0.15, -0.1) is 0 Å². The minimum Gasteiger partial charge on any atom is -0.496 e. The van der Waals surface area contributed by atoms with Crippen molar-refractivity contribution in [2.75, 3.05) is 20.3 Å². The number of ether oxygens (including phenoxy) is 1. The van der Waals surface area contributed by atoms with E-state index in [1.807, 2.05) is 18.2 Å². The van der Waals surface area contributed by atoms with Crippen LogP contribution in [0.2, 0.25) is 0 Å². The quantitative estimate of drug-likeness (QED) is 0.488. The van der Waals surface area contributed by atoms with Gasteiger partial charge in [0.1, 0.15) is 29.9 Å². The first kappa shape index (κ1) is 26.4. The molecule has 1 aromatic carbocycles. The van der Waals surface area contributed by atoms with Gasteiger partial charge in [0.25, 0.3) is 5.91 Å². The van der Waals surface area contributed by atoms with E-state index >= 15 is 0 Å². The number of aliphatic hydroxyl groups excluding tert-OH is 1. The van der Waals surface area contributed by atoms with E-state index in [-0.39, 0.29) is 41.8 Å². The molecule has 3 N–H and O–H groups in total. The van der Waals surface area contributed by atoms with E-state index < -0.39 is 24.5 Å². The van der Waals surface area contributed by atoms with Crippen LogP contribution >= 0.6 is 0 Å². The van der Waals surface area contributed by atoms with Gasteiger partial charge in [-0.25, -0.2) is 0 Å². The van der Waals surface area contributed by atoms with Crippen LogP contribution < -0.4 is 10.1 Å². The van der Waals surface area contributed by atoms with Gasteiger partial charge in [-0.3, -0.25) is 19.2 Å². The second-order valence-corrected chi connectivity index (χ2v) is 11.0. The number of Topliss-reactive ketones (excluding diaryl/α,β-unsaturated/α-hetero) is 2. The largest absolute Gasteiger partial charge is 0.496 e. The highest BCUT2D eigenvalue weighted by molar-refractivity contribution is 6.02. The third kappa shape index (κ3) is 5.08. The number of carbonyl (C=O) groups is 4. The molecule has 2 amide bonds. The maximum Gasteiger partial charge on any atom is 0.271 e. The van der Waals surface area contributed by atoms with Gasteiger partial charge in [-0.1, -0.05) is 25.3 Å². The fraction of sp³-hybridized carbons (Fsp3) is 0.586. The van der Waals surface area contributed by atoms with Gasteiger partial charge in [0.05, 0.1) is 13.2 Å². The third-order valence-corrected chi connectivity index (χ3v) is 8.81. The molecule has 0 unspecified atom stereocenters. The number of benzene rings is 1. The van der Waals surface area contributed by atoms with E-state index in [0.29, 0.717) is 30.8 Å². The topological polar surface area (TPSA) is 129 Å². The molecular formula is C29H37N3O6. The van der Waals surface area contributed by atoms with E-state index in [0.717, 1.165) is 49.4 Å². The van der Waals surface area contributed by atoms with Crippen molar-refractivity contribution in [3.8, 4) is 5.75 Å². The van der Waals surface area contributed by atoms with Crippen molar-refractivity contribution in [1.29, 1.82) is 0 Å². The molecule has 3 fully saturated rings. The summed E-state index contributed by atoms with van der Waals surface area (Å²) >= 11 is 0. The number of aromatic nitrogens is 1. The van der Waals surface area contributed by atoms with Crippen LogP contribution in [0.4, 0.5) is 0 Å². The Balaban J connectivity index is 1.40. The first-order chi connectivity index (χ1) is 18.4. The summed E-state index contributed by atoms with van der Waals surface area (Å²) in [7, 11) is 1.58. The number of ketones is 2. The monoisotopic (exact) mass is 523 g/mol. The van der Waals surface area contributed by atoms with Gasteiger partial charge >= 0.3 is 0 Å². The molecule has 9 heteroatoms. The van der Waals surface area contributed by atoms with Crippen LogP contribution in [-0.2, 0) is 14.4 Å². The van der Waals surface area contributed by atoms with Crippen molar-refractivity contribution in [3.63, 3.8) is 0 Å². The maximum absolute atomic E-state index is 13.8. The lowest BCUT2D eigenvalue weighted by Crippen LogP contribution is -2.54. The normalized spacial score (nSPS) is 26.2. The lowest BCUT2D eigenvalue weighted by atomic mass is 9.78. The van der Waals surface area contributed by atoms with Crippen LogP contribution in [-0.4, -0.2) is 70.7 Å². The van der Waals surface area contributed by atoms with Gasteiger partial charge in [-0.2, -0.15) is 0 Å². The van der Waals surface area contributed by atoms with E-state index in [1.54, 1.807) is 18.1 Å². The highest BCUT2D eigenvalue weighted by Gasteiger charge is 2.49. The number of fused-ring (bicyclic) bond motifs is 2. The minimum atomic E-state index is -0.948. The van der Waals surface area contributed by atoms with Gasteiger partial charge < -0.3 is 25.0 Å². The van der Waals surface area contributed by atoms with E-state index in [9.17, 15) is 24.3 Å². The SMILES string of the molecule is COc1cccc2[nH]c(C(=O)N3C[C@H]4CCCC[C@H]4[C@@H]3C(=O)N[C@@H](C[C@@H]3CCCCC3=O)C(=O)CO)cc12. The number of hydrogen-bond donors (Lipinski definition) is 3. The summed E-state index contributed by atoms with van der Waals surface area (Å²) in [6, 6.07) is 5.66. The number of carbonyl (C=O) groups excluding carboxylic acids is 4. The Morgan fingerprint density at radius 3 is 2.71 bits per heavy atom. The van der Waals surface area contributed by atoms with Gasteiger partial charge in [0.15, 0.2) is 5.78 Å². The zero-order valence-corrected chi connectivity index (χ0v) is 21.9. The fourth-order valence-corrected chi connectivity index (χ4v) is 6.82. The van der Waals surface area contributed by atoms with Crippen molar-refractivity contribution in [3.05, 3.63) is 30.0 Å². The third-order valence-electron chi connectivity index (χ3n) is 8.81. The molecule has 2 heterocycles. The second-order valence-electron chi connectivity index (χ2n) is 11.0. The molecule has 1 saturated heterocycles. The highest BCUT2D eigenvalue weighted by atomic mass is 16.5. The number of hydrogen-bond acceptors (Lipinski definition) is 6. The predicted molar refractivity (Wildman–Crippen MR) is 141 cm³/mol. The Kier molecular flexibility index (Phi) is 7.83. The van der Waals surface area contributed by atoms with Crippen molar-refractivity contribution < 1.29 is 29.0 Å². The van der Waals surface area contributed by atoms with Crippen molar-refractivity contribution in [1.82, 2.24) is 15.2 Å². The molecule has 1 aromatic heterocycles. The Morgan fingerprint density at radius 1 is 1.16 bits per heavy atom. The smallest absolute Gasteiger partial charge is 0.271 e. The van der Waals surface area contributed by atoms with Crippen molar-refractivity contribution in [2.24, 2.45) is 17.8 Å². The summed E-state index contributed by atoms with van der Waals surface area (Å²) in [4.78, 5) is 57.6. The highest BCUT2D eigenvalue weighted by Crippen LogP contribution is 2.41. The maximum atomic E-state index is 13.8. The van der Waals surface area contributed by atoms with E-state index in [4.69, 9.17) is 4.74 Å². The molecule has 0 spiro atoms. The lowest BCUT2D eigenvalue weighted by Gasteiger charge is -2.31. The molecule has 2 aliphatic carbocycles. The number of likely N-dealkylation sites (tertiary alicyclic amines) is 1. The van der Waals surface area contributed by atoms with E-state index in [1.165, 1.54) is 0 Å². The number of aromatic amines is 1. The number of rotatable bonds is 8. The van der Waals surface area contributed by atoms with Crippen LogP contribution in [0.5, 0.6) is 5.75 Å². The average Bonchev–Trinajstić information content (AvgIpc) is 3.55. The summed E-state index contributed by atoms with van der Waals surface area (Å²) < 4.78 is 5.44. The first-order valence-corrected chi connectivity index (χ1v) is 13.8. The molecule has 3 aliphatic rings. The lowest BCUT2D eigenvalue weighted by molar-refractivity contribution is -0.133. The van der Waals surface area contributed by atoms with Crippen LogP contribution in [0.15, 0.2) is 24.3 Å². The Hall–Kier alpha value is -3.20. The summed E-state index contributed by atoms with van der Waals surface area (Å²) in [5, 5.41) is 13.3. The molecule has 38 heavy (non-hydrogen) atoms. The number of amides is 2. The summed E-state index contributed by atoms with van der Waals surface area (Å²) in [6.45, 7) is -0.226. The molecular weight excluding hydrogens is 486 g/mol. The zero-order chi connectivity index (χ0) is 26.8. The van der Waals surface area contributed by atoms with Gasteiger partial charge in [0, 0.05) is 29.8 Å². The Bertz CT molecular complexity index is 1220. The van der Waals surface area contributed by atoms with Crippen molar-refractivity contribution in [2.45, 2.75) is 69.9 Å². The van der Waals surface area contributed by atoms with E-state index in [2.05, 4.69) is 10.3 Å². The Morgan fingerprint density at radius 2 is 1.95 bits per heavy atom. The van der Waals surface area contributed by atoms with Gasteiger partial charge in [-0.05, 0) is 62.1 Å². The molecule has 1 aliphatic heterocycles. The fourth-order valence-electron chi connectivity index (χ4n) is 6.82. The minimum absolute atomic E-state index is 0.00723. The zero-order valence-electron chi connectivity index (χ0n) is 21.9. The number of nitrogens with one attached hydrogen (secondary N) is 2. The number of H-pyrrole nitrogens is 1. The van der Waals surface area contributed by atoms with Crippen LogP contribution in [0.25, 0.3) is 10.9 Å². The number of methoxy groups -OCH3 is 1. The molecule has 5 rings (SSSR count). The number of nitrogens with zero attached hydrogens (tertiary/aromatic N) is 1. The summed E-state index contributed by atoms with van der Waals surface area (Å²) in [6.07, 6.45) is 6.98. The number of aliphatic hydroxyl groups is 1. The molecule has 0 bridgehead atoms. The molecule has 5 atom stereocenters.